The number of carbonyl (C=O) groups is 1. The monoisotopic (exact) mass is 353 g/mol. The van der Waals surface area contributed by atoms with Crippen LogP contribution in [0.3, 0.4) is 0 Å². The van der Waals surface area contributed by atoms with E-state index in [1.807, 2.05) is 0 Å². The number of aromatic nitrogens is 3. The summed E-state index contributed by atoms with van der Waals surface area (Å²) in [5, 5.41) is 7.94. The number of hydrogen-bond acceptors (Lipinski definition) is 4. The third-order valence-corrected chi connectivity index (χ3v) is 4.15. The van der Waals surface area contributed by atoms with Gasteiger partial charge >= 0.3 is 0 Å². The zero-order valence-corrected chi connectivity index (χ0v) is 14.1. The minimum absolute atomic E-state index is 0. The van der Waals surface area contributed by atoms with E-state index < -0.39 is 0 Å². The number of hydrogen-bond donors (Lipinski definition) is 1. The largest absolute Gasteiger partial charge is 0.333 e. The van der Waals surface area contributed by atoms with Crippen LogP contribution in [0.5, 0.6) is 0 Å². The third kappa shape index (κ3) is 4.10. The molecule has 1 aromatic carbocycles. The van der Waals surface area contributed by atoms with Crippen molar-refractivity contribution in [3.63, 3.8) is 0 Å². The van der Waals surface area contributed by atoms with Crippen LogP contribution in [0.25, 0.3) is 0 Å². The number of carbonyl (C=O) groups excluding carboxylic acids is 1. The Morgan fingerprint density at radius 1 is 1.38 bits per heavy atom. The summed E-state index contributed by atoms with van der Waals surface area (Å²) in [4.78, 5) is 14.4. The normalized spacial score (nSPS) is 17.4. The molecule has 1 unspecified atom stereocenters. The van der Waals surface area contributed by atoms with Crippen LogP contribution in [0.1, 0.15) is 35.3 Å². The molecule has 0 saturated carbocycles. The molecule has 1 atom stereocenters. The number of nitrogens with two attached hydrogens (primary N) is 1. The van der Waals surface area contributed by atoms with E-state index in [4.69, 9.17) is 5.73 Å². The second-order valence-electron chi connectivity index (χ2n) is 5.82. The summed E-state index contributed by atoms with van der Waals surface area (Å²) in [6, 6.07) is 6.36. The Balaban J connectivity index is 0.00000208. The van der Waals surface area contributed by atoms with Crippen molar-refractivity contribution < 1.29 is 9.18 Å². The van der Waals surface area contributed by atoms with Crippen LogP contribution in [0.2, 0.25) is 0 Å². The molecule has 1 aliphatic heterocycles. The Labute approximate surface area is 146 Å². The van der Waals surface area contributed by atoms with Crippen molar-refractivity contribution >= 4 is 18.3 Å². The van der Waals surface area contributed by atoms with Gasteiger partial charge in [0.1, 0.15) is 5.82 Å². The zero-order chi connectivity index (χ0) is 16.2. The molecule has 130 valence electrons. The summed E-state index contributed by atoms with van der Waals surface area (Å²) in [5.41, 5.74) is 6.84. The van der Waals surface area contributed by atoms with E-state index in [2.05, 4.69) is 10.3 Å². The molecule has 1 saturated heterocycles. The predicted molar refractivity (Wildman–Crippen MR) is 90.5 cm³/mol. The quantitative estimate of drug-likeness (QED) is 0.909. The SMILES string of the molecule is Cl.NCC1CCCCN1C(=O)c1cn(Cc2cccc(F)c2)nn1. The fourth-order valence-corrected chi connectivity index (χ4v) is 2.96. The number of nitrogens with zero attached hydrogens (tertiary/aromatic N) is 4. The zero-order valence-electron chi connectivity index (χ0n) is 13.3. The van der Waals surface area contributed by atoms with Crippen molar-refractivity contribution in [1.82, 2.24) is 19.9 Å². The summed E-state index contributed by atoms with van der Waals surface area (Å²) < 4.78 is 14.8. The first-order valence-electron chi connectivity index (χ1n) is 7.83. The summed E-state index contributed by atoms with van der Waals surface area (Å²) >= 11 is 0. The average Bonchev–Trinajstić information content (AvgIpc) is 3.02. The van der Waals surface area contributed by atoms with Crippen LogP contribution in [0.15, 0.2) is 30.5 Å². The number of rotatable bonds is 4. The Morgan fingerprint density at radius 3 is 2.96 bits per heavy atom. The smallest absolute Gasteiger partial charge is 0.276 e. The van der Waals surface area contributed by atoms with Gasteiger partial charge in [0.2, 0.25) is 0 Å². The van der Waals surface area contributed by atoms with Crippen LogP contribution in [0, 0.1) is 5.82 Å². The Hall–Kier alpha value is -1.99. The van der Waals surface area contributed by atoms with Crippen molar-refractivity contribution in [2.75, 3.05) is 13.1 Å². The molecule has 1 fully saturated rings. The fourth-order valence-electron chi connectivity index (χ4n) is 2.96. The van der Waals surface area contributed by atoms with Gasteiger partial charge in [-0.25, -0.2) is 9.07 Å². The first-order valence-corrected chi connectivity index (χ1v) is 7.83. The van der Waals surface area contributed by atoms with Crippen LogP contribution >= 0.6 is 12.4 Å². The second kappa shape index (κ2) is 8.21. The lowest BCUT2D eigenvalue weighted by molar-refractivity contribution is 0.0617. The third-order valence-electron chi connectivity index (χ3n) is 4.15. The highest BCUT2D eigenvalue weighted by Crippen LogP contribution is 2.18. The van der Waals surface area contributed by atoms with E-state index in [0.29, 0.717) is 25.3 Å². The van der Waals surface area contributed by atoms with Crippen molar-refractivity contribution in [1.29, 1.82) is 0 Å². The van der Waals surface area contributed by atoms with Crippen molar-refractivity contribution in [2.24, 2.45) is 5.73 Å². The molecule has 1 aromatic heterocycles. The molecule has 0 aliphatic carbocycles. The second-order valence-corrected chi connectivity index (χ2v) is 5.82. The topological polar surface area (TPSA) is 77.0 Å². The maximum Gasteiger partial charge on any atom is 0.276 e. The Bertz CT molecular complexity index is 693. The van der Waals surface area contributed by atoms with Gasteiger partial charge in [0.15, 0.2) is 5.69 Å². The van der Waals surface area contributed by atoms with Gasteiger partial charge in [0, 0.05) is 19.1 Å². The van der Waals surface area contributed by atoms with Gasteiger partial charge in [-0.3, -0.25) is 4.79 Å². The molecule has 0 bridgehead atoms. The summed E-state index contributed by atoms with van der Waals surface area (Å²) in [5.74, 6) is -0.427. The lowest BCUT2D eigenvalue weighted by Crippen LogP contribution is -2.47. The van der Waals surface area contributed by atoms with E-state index in [1.54, 1.807) is 27.9 Å². The molecule has 0 spiro atoms. The van der Waals surface area contributed by atoms with Gasteiger partial charge in [0.25, 0.3) is 5.91 Å². The number of benzene rings is 1. The van der Waals surface area contributed by atoms with E-state index in [9.17, 15) is 9.18 Å². The van der Waals surface area contributed by atoms with E-state index in [1.165, 1.54) is 12.1 Å². The van der Waals surface area contributed by atoms with Gasteiger partial charge < -0.3 is 10.6 Å². The Kier molecular flexibility index (Phi) is 6.28. The maximum atomic E-state index is 13.2. The van der Waals surface area contributed by atoms with Crippen molar-refractivity contribution in [3.8, 4) is 0 Å². The summed E-state index contributed by atoms with van der Waals surface area (Å²) in [6.45, 7) is 1.54. The van der Waals surface area contributed by atoms with Gasteiger partial charge in [0.05, 0.1) is 12.7 Å². The number of amides is 1. The molecule has 2 N–H and O–H groups in total. The van der Waals surface area contributed by atoms with E-state index >= 15 is 0 Å². The molecule has 2 heterocycles. The van der Waals surface area contributed by atoms with E-state index in [-0.39, 0.29) is 30.2 Å². The number of piperidine rings is 1. The lowest BCUT2D eigenvalue weighted by atomic mass is 10.0. The van der Waals surface area contributed by atoms with Crippen LogP contribution in [-0.2, 0) is 6.54 Å². The van der Waals surface area contributed by atoms with Gasteiger partial charge in [-0.15, -0.1) is 17.5 Å². The number of likely N-dealkylation sites (tertiary alicyclic amines) is 1. The molecule has 2 aromatic rings. The standard InChI is InChI=1S/C16H20FN5O.ClH/c17-13-5-3-4-12(8-13)10-21-11-15(19-20-21)16(23)22-7-2-1-6-14(22)9-18;/h3-5,8,11,14H,1-2,6-7,9-10,18H2;1H. The first kappa shape index (κ1) is 18.4. The van der Waals surface area contributed by atoms with Crippen LogP contribution in [0.4, 0.5) is 4.39 Å². The van der Waals surface area contributed by atoms with Gasteiger partial charge in [-0.2, -0.15) is 0 Å². The number of halogens is 2. The molecule has 1 amide bonds. The molecule has 3 rings (SSSR count). The lowest BCUT2D eigenvalue weighted by Gasteiger charge is -2.34. The molecule has 8 heteroatoms. The van der Waals surface area contributed by atoms with Crippen LogP contribution in [-0.4, -0.2) is 44.9 Å². The molecule has 1 aliphatic rings. The highest BCUT2D eigenvalue weighted by molar-refractivity contribution is 5.92. The molecule has 6 nitrogen and oxygen atoms in total. The van der Waals surface area contributed by atoms with E-state index in [0.717, 1.165) is 24.8 Å². The minimum atomic E-state index is -0.294. The Morgan fingerprint density at radius 2 is 2.21 bits per heavy atom. The summed E-state index contributed by atoms with van der Waals surface area (Å²) in [6.07, 6.45) is 4.62. The molecular weight excluding hydrogens is 333 g/mol. The maximum absolute atomic E-state index is 13.2. The average molecular weight is 354 g/mol. The highest BCUT2D eigenvalue weighted by atomic mass is 35.5. The fraction of sp³-hybridized carbons (Fsp3) is 0.438. The summed E-state index contributed by atoms with van der Waals surface area (Å²) in [7, 11) is 0. The van der Waals surface area contributed by atoms with Crippen molar-refractivity contribution in [2.45, 2.75) is 31.8 Å². The van der Waals surface area contributed by atoms with Gasteiger partial charge in [-0.1, -0.05) is 17.3 Å². The molecule has 24 heavy (non-hydrogen) atoms. The first-order chi connectivity index (χ1) is 11.2. The molecular formula is C16H21ClFN5O. The van der Waals surface area contributed by atoms with Crippen molar-refractivity contribution in [3.05, 3.63) is 47.5 Å². The predicted octanol–water partition coefficient (Wildman–Crippen LogP) is 1.84. The van der Waals surface area contributed by atoms with Gasteiger partial charge in [-0.05, 0) is 37.0 Å². The van der Waals surface area contributed by atoms with Crippen LogP contribution < -0.4 is 5.73 Å². The molecule has 0 radical (unpaired) electrons. The minimum Gasteiger partial charge on any atom is -0.333 e. The highest BCUT2D eigenvalue weighted by Gasteiger charge is 2.28.